The molecular formula is C17H25N3O. The van der Waals surface area contributed by atoms with E-state index in [1.165, 1.54) is 0 Å². The highest BCUT2D eigenvalue weighted by atomic mass is 16.2. The third-order valence-electron chi connectivity index (χ3n) is 4.75. The molecule has 3 rings (SSSR count). The number of fused-ring (bicyclic) bond motifs is 1. The van der Waals surface area contributed by atoms with E-state index in [4.69, 9.17) is 0 Å². The molecule has 114 valence electrons. The third-order valence-corrected chi connectivity index (χ3v) is 4.75. The number of benzene rings is 1. The van der Waals surface area contributed by atoms with Gasteiger partial charge in [-0.05, 0) is 33.0 Å². The van der Waals surface area contributed by atoms with Crippen molar-refractivity contribution < 1.29 is 4.79 Å². The molecule has 2 aliphatic rings. The fourth-order valence-electron chi connectivity index (χ4n) is 3.93. The van der Waals surface area contributed by atoms with E-state index in [1.807, 2.05) is 35.2 Å². The Morgan fingerprint density at radius 3 is 2.57 bits per heavy atom. The molecule has 1 amide bonds. The molecule has 0 aromatic heterocycles. The Morgan fingerprint density at radius 2 is 1.86 bits per heavy atom. The normalized spacial score (nSPS) is 26.4. The van der Waals surface area contributed by atoms with E-state index in [2.05, 4.69) is 30.7 Å². The molecule has 21 heavy (non-hydrogen) atoms. The van der Waals surface area contributed by atoms with Crippen LogP contribution < -0.4 is 0 Å². The highest BCUT2D eigenvalue weighted by molar-refractivity contribution is 5.94. The molecule has 1 aromatic rings. The predicted octanol–water partition coefficient (Wildman–Crippen LogP) is 1.54. The molecule has 4 heteroatoms. The molecule has 0 N–H and O–H groups in total. The van der Waals surface area contributed by atoms with Crippen LogP contribution >= 0.6 is 0 Å². The molecule has 4 nitrogen and oxygen atoms in total. The van der Waals surface area contributed by atoms with E-state index in [0.29, 0.717) is 6.04 Å². The maximum absolute atomic E-state index is 12.6. The van der Waals surface area contributed by atoms with Crippen LogP contribution in [0.5, 0.6) is 0 Å². The average molecular weight is 287 g/mol. The van der Waals surface area contributed by atoms with Crippen molar-refractivity contribution in [2.45, 2.75) is 25.4 Å². The maximum Gasteiger partial charge on any atom is 0.253 e. The summed E-state index contributed by atoms with van der Waals surface area (Å²) >= 11 is 0. The van der Waals surface area contributed by atoms with Crippen LogP contribution in [0.1, 0.15) is 24.2 Å². The van der Waals surface area contributed by atoms with Gasteiger partial charge in [0.1, 0.15) is 0 Å². The van der Waals surface area contributed by atoms with Gasteiger partial charge in [-0.1, -0.05) is 18.2 Å². The second kappa shape index (κ2) is 5.43. The molecule has 0 spiro atoms. The zero-order valence-corrected chi connectivity index (χ0v) is 13.2. The molecular weight excluding hydrogens is 262 g/mol. The zero-order valence-electron chi connectivity index (χ0n) is 13.2. The molecule has 0 aliphatic carbocycles. The summed E-state index contributed by atoms with van der Waals surface area (Å²) in [4.78, 5) is 19.6. The van der Waals surface area contributed by atoms with E-state index in [1.54, 1.807) is 0 Å². The van der Waals surface area contributed by atoms with E-state index in [9.17, 15) is 4.79 Å². The second-order valence-corrected chi connectivity index (χ2v) is 6.97. The van der Waals surface area contributed by atoms with Crippen LogP contribution in [0.25, 0.3) is 0 Å². The molecule has 1 atom stereocenters. The summed E-state index contributed by atoms with van der Waals surface area (Å²) in [5.74, 6) is 0.168. The summed E-state index contributed by atoms with van der Waals surface area (Å²) in [5, 5.41) is 0. The standard InChI is InChI=1S/C17H25N3O/c1-17(2)13-18(3)11-15-12-19(9-10-20(15)17)16(21)14-7-5-4-6-8-14/h4-8,15H,9-13H2,1-3H3/t15-/m1/s1. The van der Waals surface area contributed by atoms with Gasteiger partial charge in [0.15, 0.2) is 0 Å². The number of hydrogen-bond donors (Lipinski definition) is 0. The monoisotopic (exact) mass is 287 g/mol. The van der Waals surface area contributed by atoms with Crippen LogP contribution in [0.4, 0.5) is 0 Å². The Morgan fingerprint density at radius 1 is 1.14 bits per heavy atom. The fraction of sp³-hybridized carbons (Fsp3) is 0.588. The first-order chi connectivity index (χ1) is 9.97. The number of amides is 1. The minimum absolute atomic E-state index is 0.168. The first-order valence-corrected chi connectivity index (χ1v) is 7.77. The molecule has 1 aromatic carbocycles. The highest BCUT2D eigenvalue weighted by Crippen LogP contribution is 2.27. The summed E-state index contributed by atoms with van der Waals surface area (Å²) in [6, 6.07) is 10.1. The Kier molecular flexibility index (Phi) is 3.76. The fourth-order valence-corrected chi connectivity index (χ4v) is 3.93. The van der Waals surface area contributed by atoms with Crippen molar-refractivity contribution in [1.29, 1.82) is 0 Å². The quantitative estimate of drug-likeness (QED) is 0.784. The van der Waals surface area contributed by atoms with E-state index >= 15 is 0 Å². The topological polar surface area (TPSA) is 26.8 Å². The van der Waals surface area contributed by atoms with Crippen LogP contribution in [-0.2, 0) is 0 Å². The number of piperazine rings is 2. The van der Waals surface area contributed by atoms with Crippen molar-refractivity contribution in [3.8, 4) is 0 Å². The summed E-state index contributed by atoms with van der Waals surface area (Å²) in [5.41, 5.74) is 0.994. The number of hydrogen-bond acceptors (Lipinski definition) is 3. The van der Waals surface area contributed by atoms with Crippen LogP contribution in [0, 0.1) is 0 Å². The average Bonchev–Trinajstić information content (AvgIpc) is 2.45. The van der Waals surface area contributed by atoms with Gasteiger partial charge >= 0.3 is 0 Å². The van der Waals surface area contributed by atoms with Gasteiger partial charge in [0, 0.05) is 49.9 Å². The number of carbonyl (C=O) groups is 1. The number of carbonyl (C=O) groups excluding carboxylic acids is 1. The highest BCUT2D eigenvalue weighted by Gasteiger charge is 2.42. The first kappa shape index (κ1) is 14.5. The zero-order chi connectivity index (χ0) is 15.0. The van der Waals surface area contributed by atoms with Gasteiger partial charge in [-0.2, -0.15) is 0 Å². The lowest BCUT2D eigenvalue weighted by molar-refractivity contribution is -0.0518. The lowest BCUT2D eigenvalue weighted by Crippen LogP contribution is -2.69. The number of nitrogens with zero attached hydrogens (tertiary/aromatic N) is 3. The molecule has 0 unspecified atom stereocenters. The van der Waals surface area contributed by atoms with E-state index in [0.717, 1.165) is 38.3 Å². The third kappa shape index (κ3) is 2.83. The van der Waals surface area contributed by atoms with Gasteiger partial charge in [-0.25, -0.2) is 0 Å². The van der Waals surface area contributed by atoms with Gasteiger partial charge in [-0.3, -0.25) is 9.69 Å². The molecule has 2 saturated heterocycles. The van der Waals surface area contributed by atoms with Crippen molar-refractivity contribution in [2.75, 3.05) is 39.8 Å². The van der Waals surface area contributed by atoms with Crippen LogP contribution in [0.15, 0.2) is 30.3 Å². The SMILES string of the molecule is CN1C[C@@H]2CN(C(=O)c3ccccc3)CCN2C(C)(C)C1. The molecule has 0 radical (unpaired) electrons. The number of likely N-dealkylation sites (N-methyl/N-ethyl adjacent to an activating group) is 1. The summed E-state index contributed by atoms with van der Waals surface area (Å²) < 4.78 is 0. The van der Waals surface area contributed by atoms with Gasteiger partial charge in [0.05, 0.1) is 0 Å². The smallest absolute Gasteiger partial charge is 0.253 e. The summed E-state index contributed by atoms with van der Waals surface area (Å²) in [6.07, 6.45) is 0. The van der Waals surface area contributed by atoms with Crippen LogP contribution in [-0.4, -0.2) is 72.0 Å². The van der Waals surface area contributed by atoms with Gasteiger partial charge in [0.2, 0.25) is 0 Å². The van der Waals surface area contributed by atoms with Crippen molar-refractivity contribution in [1.82, 2.24) is 14.7 Å². The Bertz CT molecular complexity index is 514. The second-order valence-electron chi connectivity index (χ2n) is 6.97. The van der Waals surface area contributed by atoms with Crippen LogP contribution in [0.2, 0.25) is 0 Å². The minimum atomic E-state index is 0.168. The van der Waals surface area contributed by atoms with Crippen LogP contribution in [0.3, 0.4) is 0 Å². The van der Waals surface area contributed by atoms with Gasteiger partial charge in [0.25, 0.3) is 5.91 Å². The molecule has 0 saturated carbocycles. The van der Waals surface area contributed by atoms with Gasteiger partial charge < -0.3 is 9.80 Å². The number of rotatable bonds is 1. The Hall–Kier alpha value is -1.39. The van der Waals surface area contributed by atoms with E-state index < -0.39 is 0 Å². The maximum atomic E-state index is 12.6. The molecule has 2 aliphatic heterocycles. The summed E-state index contributed by atoms with van der Waals surface area (Å²) in [7, 11) is 2.18. The summed E-state index contributed by atoms with van der Waals surface area (Å²) in [6.45, 7) is 9.40. The largest absolute Gasteiger partial charge is 0.336 e. The minimum Gasteiger partial charge on any atom is -0.336 e. The van der Waals surface area contributed by atoms with Gasteiger partial charge in [-0.15, -0.1) is 0 Å². The van der Waals surface area contributed by atoms with Crippen molar-refractivity contribution in [3.63, 3.8) is 0 Å². The lowest BCUT2D eigenvalue weighted by atomic mass is 9.93. The van der Waals surface area contributed by atoms with Crippen molar-refractivity contribution in [3.05, 3.63) is 35.9 Å². The first-order valence-electron chi connectivity index (χ1n) is 7.77. The lowest BCUT2D eigenvalue weighted by Gasteiger charge is -2.55. The molecule has 0 bridgehead atoms. The predicted molar refractivity (Wildman–Crippen MR) is 84.4 cm³/mol. The molecule has 2 heterocycles. The molecule has 2 fully saturated rings. The Balaban J connectivity index is 1.74. The van der Waals surface area contributed by atoms with E-state index in [-0.39, 0.29) is 11.4 Å². The Labute approximate surface area is 127 Å². The van der Waals surface area contributed by atoms with Crippen molar-refractivity contribution >= 4 is 5.91 Å². The van der Waals surface area contributed by atoms with Crippen molar-refractivity contribution in [2.24, 2.45) is 0 Å².